The Balaban J connectivity index is 1.70. The van der Waals surface area contributed by atoms with Crippen LogP contribution in [0.15, 0.2) is 41.4 Å². The summed E-state index contributed by atoms with van der Waals surface area (Å²) in [5.41, 5.74) is 11.5. The minimum absolute atomic E-state index is 0.0135. The van der Waals surface area contributed by atoms with E-state index in [0.29, 0.717) is 11.3 Å². The van der Waals surface area contributed by atoms with E-state index < -0.39 is 48.4 Å². The number of halogens is 3. The lowest BCUT2D eigenvalue weighted by molar-refractivity contribution is -0.202. The first-order chi connectivity index (χ1) is 19.7. The van der Waals surface area contributed by atoms with E-state index in [0.717, 1.165) is 0 Å². The topological polar surface area (TPSA) is 219 Å². The van der Waals surface area contributed by atoms with Gasteiger partial charge < -0.3 is 40.8 Å². The number of nitrogens with one attached hydrogen (secondary N) is 1. The highest BCUT2D eigenvalue weighted by atomic mass is 19.4. The smallest absolute Gasteiger partial charge is 0.489 e. The van der Waals surface area contributed by atoms with Gasteiger partial charge in [0.15, 0.2) is 17.5 Å². The highest BCUT2D eigenvalue weighted by molar-refractivity contribution is 5.95. The average molecular weight is 596 g/mol. The van der Waals surface area contributed by atoms with Gasteiger partial charge in [-0.1, -0.05) is 12.1 Å². The number of para-hydroxylation sites is 1. The molecule has 3 rings (SSSR count). The molecule has 1 heterocycles. The van der Waals surface area contributed by atoms with E-state index in [9.17, 15) is 42.3 Å². The van der Waals surface area contributed by atoms with Crippen molar-refractivity contribution in [3.05, 3.63) is 47.5 Å². The number of alkyl halides is 3. The molecule has 0 aliphatic carbocycles. The van der Waals surface area contributed by atoms with Crippen LogP contribution in [-0.2, 0) is 30.3 Å². The Morgan fingerprint density at radius 3 is 2.45 bits per heavy atom. The Kier molecular flexibility index (Phi) is 9.90. The van der Waals surface area contributed by atoms with E-state index in [4.69, 9.17) is 25.7 Å². The molecule has 0 saturated carbocycles. The van der Waals surface area contributed by atoms with E-state index >= 15 is 0 Å². The number of carbonyl (C=O) groups excluding carboxylic acids is 4. The molecule has 0 saturated heterocycles. The summed E-state index contributed by atoms with van der Waals surface area (Å²) in [5.74, 6) is -8.02. The number of ether oxygens (including phenoxy) is 4. The predicted molar refractivity (Wildman–Crippen MR) is 134 cm³/mol. The van der Waals surface area contributed by atoms with Crippen molar-refractivity contribution < 1.29 is 61.2 Å². The van der Waals surface area contributed by atoms with Crippen LogP contribution in [0.2, 0.25) is 0 Å². The molecule has 14 nitrogen and oxygen atoms in total. The monoisotopic (exact) mass is 596 g/mol. The van der Waals surface area contributed by atoms with Gasteiger partial charge in [-0.2, -0.15) is 13.2 Å². The second-order valence-corrected chi connectivity index (χ2v) is 8.47. The van der Waals surface area contributed by atoms with Gasteiger partial charge in [0.25, 0.3) is 0 Å². The Morgan fingerprint density at radius 2 is 1.79 bits per heavy atom. The quantitative estimate of drug-likeness (QED) is 0.111. The molecule has 0 unspecified atom stereocenters. The molecule has 17 heteroatoms. The van der Waals surface area contributed by atoms with E-state index in [-0.39, 0.29) is 54.8 Å². The molecule has 42 heavy (non-hydrogen) atoms. The largest absolute Gasteiger partial charge is 0.491 e. The first-order valence-electron chi connectivity index (χ1n) is 11.9. The zero-order chi connectivity index (χ0) is 31.0. The summed E-state index contributed by atoms with van der Waals surface area (Å²) in [4.78, 5) is 63.0. The van der Waals surface area contributed by atoms with Crippen molar-refractivity contribution in [2.75, 3.05) is 13.2 Å². The summed E-state index contributed by atoms with van der Waals surface area (Å²) < 4.78 is 57.2. The minimum atomic E-state index is -5.47. The van der Waals surface area contributed by atoms with Crippen LogP contribution in [0.3, 0.4) is 0 Å². The predicted octanol–water partition coefficient (Wildman–Crippen LogP) is 1.11. The highest BCUT2D eigenvalue weighted by Crippen LogP contribution is 2.35. The fourth-order valence-electron chi connectivity index (χ4n) is 3.55. The molecule has 0 bridgehead atoms. The Morgan fingerprint density at radius 1 is 1.07 bits per heavy atom. The summed E-state index contributed by atoms with van der Waals surface area (Å²) in [7, 11) is 0. The van der Waals surface area contributed by atoms with Crippen molar-refractivity contribution in [2.24, 2.45) is 16.5 Å². The molecule has 224 valence electrons. The Bertz CT molecular complexity index is 1420. The molecule has 1 amide bonds. The number of nitrogens with two attached hydrogens (primary N) is 2. The third-order valence-corrected chi connectivity index (χ3v) is 5.36. The van der Waals surface area contributed by atoms with Gasteiger partial charge in [0.2, 0.25) is 5.91 Å². The van der Waals surface area contributed by atoms with Gasteiger partial charge in [-0.25, -0.2) is 19.4 Å². The first-order valence-corrected chi connectivity index (χ1v) is 11.9. The molecule has 1 atom stereocenters. The first kappa shape index (κ1) is 31.2. The zero-order valence-electron chi connectivity index (χ0n) is 21.4. The Hall–Kier alpha value is -5.35. The van der Waals surface area contributed by atoms with Crippen molar-refractivity contribution in [1.29, 1.82) is 0 Å². The lowest BCUT2D eigenvalue weighted by Crippen LogP contribution is -2.43. The lowest BCUT2D eigenvalue weighted by atomic mass is 10.1. The van der Waals surface area contributed by atoms with Crippen LogP contribution in [0.4, 0.5) is 18.9 Å². The van der Waals surface area contributed by atoms with Crippen LogP contribution in [0.1, 0.15) is 28.8 Å². The molecule has 1 aliphatic heterocycles. The third-order valence-electron chi connectivity index (χ3n) is 5.36. The summed E-state index contributed by atoms with van der Waals surface area (Å²) in [6, 6.07) is 6.85. The molecule has 2 aromatic rings. The fourth-order valence-corrected chi connectivity index (χ4v) is 3.55. The van der Waals surface area contributed by atoms with Crippen LogP contribution >= 0.6 is 0 Å². The number of hydrogen-bond acceptors (Lipinski definition) is 10. The number of nitrogens with zero attached hydrogens (tertiary/aromatic N) is 1. The van der Waals surface area contributed by atoms with E-state index in [1.165, 1.54) is 30.3 Å². The zero-order valence-corrected chi connectivity index (χ0v) is 21.4. The van der Waals surface area contributed by atoms with Crippen molar-refractivity contribution in [2.45, 2.75) is 31.5 Å². The Labute approximate surface area is 234 Å². The summed E-state index contributed by atoms with van der Waals surface area (Å²) in [6.07, 6.45) is -7.15. The summed E-state index contributed by atoms with van der Waals surface area (Å²) in [6.45, 7) is -0.0490. The number of benzene rings is 2. The van der Waals surface area contributed by atoms with Gasteiger partial charge in [0.1, 0.15) is 30.6 Å². The maximum absolute atomic E-state index is 12.9. The third kappa shape index (κ3) is 8.57. The number of guanidine groups is 1. The molecule has 0 radical (unpaired) electrons. The van der Waals surface area contributed by atoms with Crippen molar-refractivity contribution in [3.8, 4) is 17.2 Å². The van der Waals surface area contributed by atoms with Gasteiger partial charge in [-0.15, -0.1) is 0 Å². The number of carboxylic acid groups (broad SMARTS) is 1. The van der Waals surface area contributed by atoms with Crippen LogP contribution in [-0.4, -0.2) is 66.3 Å². The molecule has 1 aliphatic rings. The number of amides is 1. The van der Waals surface area contributed by atoms with Gasteiger partial charge in [0, 0.05) is 12.5 Å². The van der Waals surface area contributed by atoms with Gasteiger partial charge >= 0.3 is 30.1 Å². The molecule has 0 fully saturated rings. The van der Waals surface area contributed by atoms with Crippen LogP contribution in [0, 0.1) is 0 Å². The van der Waals surface area contributed by atoms with Crippen molar-refractivity contribution in [1.82, 2.24) is 5.32 Å². The van der Waals surface area contributed by atoms with Crippen molar-refractivity contribution in [3.63, 3.8) is 0 Å². The minimum Gasteiger partial charge on any atom is -0.489 e. The number of carboxylic acids is 1. The second kappa shape index (κ2) is 13.3. The number of rotatable bonds is 8. The van der Waals surface area contributed by atoms with E-state index in [1.807, 2.05) is 5.32 Å². The van der Waals surface area contributed by atoms with Crippen LogP contribution in [0.25, 0.3) is 0 Å². The molecule has 0 spiro atoms. The number of carbonyl (C=O) groups is 5. The number of esters is 3. The molecular formula is C25H23F3N4O10. The van der Waals surface area contributed by atoms with Gasteiger partial charge in [0.05, 0.1) is 12.1 Å². The number of aryl methyl sites for hydroxylation is 1. The number of aliphatic imine (C=N–C) groups is 1. The maximum Gasteiger partial charge on any atom is 0.491 e. The molecular weight excluding hydrogens is 573 g/mol. The number of fused-ring (bicyclic) bond motifs is 2. The number of hydrogen-bond donors (Lipinski definition) is 4. The standard InChI is InChI=1S/C25H23F3N4O10/c26-25(27,28)23(38)42-19(34)11-15(21(35)36)32-18(33)7-4-12-2-1-3-16-20(12)40-9-8-39-17-10-13(31-24(29)30)5-6-14(17)22(37)41-16/h1-3,5-6,10,15H,4,7-9,11H2,(H,32,33)(H,35,36)(H4,29,30,31)/t15-/m0/s1. The van der Waals surface area contributed by atoms with Crippen molar-refractivity contribution >= 4 is 41.4 Å². The SMILES string of the molecule is NC(N)=Nc1ccc2c(c1)OCCOc1c(CCC(=O)N[C@@H](CC(=O)OC(=O)C(F)(F)F)C(=O)O)cccc1OC2=O. The normalized spacial score (nSPS) is 13.5. The second-order valence-electron chi connectivity index (χ2n) is 8.47. The molecule has 2 aromatic carbocycles. The number of aliphatic carboxylic acids is 1. The van der Waals surface area contributed by atoms with Crippen LogP contribution < -0.4 is 31.0 Å². The molecule has 0 aromatic heterocycles. The van der Waals surface area contributed by atoms with E-state index in [2.05, 4.69) is 9.73 Å². The van der Waals surface area contributed by atoms with E-state index in [1.54, 1.807) is 6.07 Å². The van der Waals surface area contributed by atoms with Crippen LogP contribution in [0.5, 0.6) is 17.2 Å². The molecule has 6 N–H and O–H groups in total. The summed E-state index contributed by atoms with van der Waals surface area (Å²) in [5, 5.41) is 11.2. The maximum atomic E-state index is 12.9. The summed E-state index contributed by atoms with van der Waals surface area (Å²) >= 11 is 0. The highest BCUT2D eigenvalue weighted by Gasteiger charge is 2.43. The van der Waals surface area contributed by atoms with Gasteiger partial charge in [-0.05, 0) is 30.2 Å². The fraction of sp³-hybridized carbons (Fsp3) is 0.280. The lowest BCUT2D eigenvalue weighted by Gasteiger charge is -2.19. The average Bonchev–Trinajstić information content (AvgIpc) is 2.89. The van der Waals surface area contributed by atoms with Gasteiger partial charge in [-0.3, -0.25) is 9.59 Å².